The van der Waals surface area contributed by atoms with Crippen LogP contribution in [0.3, 0.4) is 0 Å². The number of amides is 3. The summed E-state index contributed by atoms with van der Waals surface area (Å²) >= 11 is 0. The van der Waals surface area contributed by atoms with Crippen LogP contribution in [0.25, 0.3) is 0 Å². The van der Waals surface area contributed by atoms with E-state index < -0.39 is 5.54 Å². The van der Waals surface area contributed by atoms with E-state index >= 15 is 0 Å². The smallest absolute Gasteiger partial charge is 0.336 e. The molecule has 5 heteroatoms. The van der Waals surface area contributed by atoms with E-state index in [9.17, 15) is 9.59 Å². The fraction of sp³-hybridized carbons (Fsp3) is 0.385. The van der Waals surface area contributed by atoms with Crippen molar-refractivity contribution in [3.8, 4) is 0 Å². The van der Waals surface area contributed by atoms with Crippen molar-refractivity contribution in [2.75, 3.05) is 12.1 Å². The lowest BCUT2D eigenvalue weighted by atomic mass is 10.0. The molecule has 0 atom stereocenters. The summed E-state index contributed by atoms with van der Waals surface area (Å²) in [5, 5.41) is 5.50. The predicted octanol–water partition coefficient (Wildman–Crippen LogP) is 1.76. The summed E-state index contributed by atoms with van der Waals surface area (Å²) in [5.41, 5.74) is 0.184. The molecule has 5 nitrogen and oxygen atoms in total. The minimum absolute atomic E-state index is 0.0743. The van der Waals surface area contributed by atoms with Gasteiger partial charge in [0.05, 0.1) is 17.6 Å². The highest BCUT2D eigenvalue weighted by Crippen LogP contribution is 2.33. The van der Waals surface area contributed by atoms with Crippen molar-refractivity contribution in [1.29, 1.82) is 0 Å². The molecular formula is C13H17N3O2. The number of carbonyl (C=O) groups is 2. The zero-order valence-corrected chi connectivity index (χ0v) is 10.8. The normalized spacial score (nSPS) is 18.1. The summed E-state index contributed by atoms with van der Waals surface area (Å²) in [6.07, 6.45) is 0.315. The zero-order chi connectivity index (χ0) is 13.3. The third-order valence-corrected chi connectivity index (χ3v) is 3.00. The van der Waals surface area contributed by atoms with E-state index in [1.54, 1.807) is 7.05 Å². The monoisotopic (exact) mass is 247 g/mol. The van der Waals surface area contributed by atoms with Gasteiger partial charge in [0.2, 0.25) is 5.91 Å². The third-order valence-electron chi connectivity index (χ3n) is 3.00. The first-order chi connectivity index (χ1) is 8.47. The van der Waals surface area contributed by atoms with E-state index in [4.69, 9.17) is 0 Å². The Morgan fingerprint density at radius 2 is 1.89 bits per heavy atom. The number of nitrogens with one attached hydrogen (secondary N) is 1. The quantitative estimate of drug-likeness (QED) is 0.822. The molecule has 0 aliphatic carbocycles. The molecule has 1 aromatic rings. The van der Waals surface area contributed by atoms with E-state index in [1.165, 1.54) is 10.0 Å². The van der Waals surface area contributed by atoms with Gasteiger partial charge < -0.3 is 5.32 Å². The predicted molar refractivity (Wildman–Crippen MR) is 68.9 cm³/mol. The average molecular weight is 247 g/mol. The number of urea groups is 1. The van der Waals surface area contributed by atoms with Crippen LogP contribution in [0.4, 0.5) is 10.5 Å². The van der Waals surface area contributed by atoms with E-state index in [0.29, 0.717) is 12.1 Å². The van der Waals surface area contributed by atoms with E-state index in [1.807, 2.05) is 44.2 Å². The number of hydrazine groups is 1. The second-order valence-corrected chi connectivity index (χ2v) is 4.90. The largest absolute Gasteiger partial charge is 0.340 e. The number of hydrogen-bond donors (Lipinski definition) is 1. The molecule has 1 saturated heterocycles. The molecule has 96 valence electrons. The molecule has 0 spiro atoms. The van der Waals surface area contributed by atoms with Gasteiger partial charge >= 0.3 is 6.03 Å². The van der Waals surface area contributed by atoms with Crippen molar-refractivity contribution in [1.82, 2.24) is 10.3 Å². The minimum Gasteiger partial charge on any atom is -0.340 e. The molecule has 0 radical (unpaired) electrons. The number of rotatable bonds is 1. The summed E-state index contributed by atoms with van der Waals surface area (Å²) in [7, 11) is 1.56. The van der Waals surface area contributed by atoms with Gasteiger partial charge in [-0.3, -0.25) is 4.79 Å². The molecule has 1 N–H and O–H groups in total. The molecule has 0 aromatic heterocycles. The lowest BCUT2D eigenvalue weighted by molar-refractivity contribution is -0.117. The van der Waals surface area contributed by atoms with Crippen LogP contribution in [0.2, 0.25) is 0 Å². The van der Waals surface area contributed by atoms with Gasteiger partial charge in [0.1, 0.15) is 0 Å². The highest BCUT2D eigenvalue weighted by atomic mass is 16.2. The molecule has 0 bridgehead atoms. The second-order valence-electron chi connectivity index (χ2n) is 4.90. The van der Waals surface area contributed by atoms with Crippen LogP contribution >= 0.6 is 0 Å². The van der Waals surface area contributed by atoms with Gasteiger partial charge in [0.25, 0.3) is 0 Å². The molecule has 0 saturated carbocycles. The van der Waals surface area contributed by atoms with Gasteiger partial charge in [-0.1, -0.05) is 18.2 Å². The van der Waals surface area contributed by atoms with Crippen LogP contribution in [0, 0.1) is 0 Å². The first kappa shape index (κ1) is 12.4. The Morgan fingerprint density at radius 1 is 1.28 bits per heavy atom. The van der Waals surface area contributed by atoms with Crippen LogP contribution in [-0.4, -0.2) is 29.5 Å². The van der Waals surface area contributed by atoms with Crippen molar-refractivity contribution in [3.05, 3.63) is 30.3 Å². The Labute approximate surface area is 106 Å². The molecule has 2 rings (SSSR count). The van der Waals surface area contributed by atoms with Crippen molar-refractivity contribution >= 4 is 17.6 Å². The number of anilines is 1. The maximum absolute atomic E-state index is 12.1. The van der Waals surface area contributed by atoms with Crippen LogP contribution < -0.4 is 10.3 Å². The van der Waals surface area contributed by atoms with Gasteiger partial charge in [0, 0.05) is 7.05 Å². The number of para-hydroxylation sites is 1. The van der Waals surface area contributed by atoms with Gasteiger partial charge in [-0.2, -0.15) is 0 Å². The number of carbonyl (C=O) groups excluding carboxylic acids is 2. The summed E-state index contributed by atoms with van der Waals surface area (Å²) in [6, 6.07) is 8.91. The zero-order valence-electron chi connectivity index (χ0n) is 10.8. The molecule has 1 aliphatic heterocycles. The second kappa shape index (κ2) is 4.33. The van der Waals surface area contributed by atoms with E-state index in [-0.39, 0.29) is 11.9 Å². The topological polar surface area (TPSA) is 52.7 Å². The summed E-state index contributed by atoms with van der Waals surface area (Å²) in [6.45, 7) is 3.76. The average Bonchev–Trinajstić information content (AvgIpc) is 2.58. The Kier molecular flexibility index (Phi) is 2.98. The van der Waals surface area contributed by atoms with Crippen molar-refractivity contribution in [3.63, 3.8) is 0 Å². The molecule has 1 fully saturated rings. The van der Waals surface area contributed by atoms with Crippen molar-refractivity contribution in [2.45, 2.75) is 25.8 Å². The number of nitrogens with zero attached hydrogens (tertiary/aromatic N) is 2. The molecule has 1 aromatic carbocycles. The Morgan fingerprint density at radius 3 is 2.44 bits per heavy atom. The first-order valence-corrected chi connectivity index (χ1v) is 5.87. The lowest BCUT2D eigenvalue weighted by Crippen LogP contribution is -2.54. The van der Waals surface area contributed by atoms with E-state index in [2.05, 4.69) is 5.32 Å². The number of benzene rings is 1. The minimum atomic E-state index is -0.521. The van der Waals surface area contributed by atoms with Crippen LogP contribution in [0.15, 0.2) is 30.3 Å². The number of hydrogen-bond acceptors (Lipinski definition) is 2. The first-order valence-electron chi connectivity index (χ1n) is 5.87. The Bertz CT molecular complexity index is 470. The Hall–Kier alpha value is -2.04. The van der Waals surface area contributed by atoms with Gasteiger partial charge in [-0.25, -0.2) is 14.8 Å². The lowest BCUT2D eigenvalue weighted by Gasteiger charge is -2.35. The standard InChI is InChI=1S/C13H17N3O2/c1-13(2)9-11(17)15(16(13)12(18)14-3)10-7-5-4-6-8-10/h4-8H,9H2,1-3H3,(H,14,18). The molecule has 3 amide bonds. The summed E-state index contributed by atoms with van der Waals surface area (Å²) in [4.78, 5) is 24.1. The summed E-state index contributed by atoms with van der Waals surface area (Å²) < 4.78 is 0. The highest BCUT2D eigenvalue weighted by Gasteiger charge is 2.47. The highest BCUT2D eigenvalue weighted by molar-refractivity contribution is 6.00. The molecule has 18 heavy (non-hydrogen) atoms. The van der Waals surface area contributed by atoms with Gasteiger partial charge in [-0.05, 0) is 26.0 Å². The third kappa shape index (κ3) is 1.92. The SMILES string of the molecule is CNC(=O)N1N(c2ccccc2)C(=O)CC1(C)C. The maximum Gasteiger partial charge on any atom is 0.336 e. The van der Waals surface area contributed by atoms with E-state index in [0.717, 1.165) is 0 Å². The molecule has 1 heterocycles. The fourth-order valence-corrected chi connectivity index (χ4v) is 2.20. The molecule has 1 aliphatic rings. The van der Waals surface area contributed by atoms with Crippen molar-refractivity contribution in [2.24, 2.45) is 0 Å². The molecule has 0 unspecified atom stereocenters. The van der Waals surface area contributed by atoms with Gasteiger partial charge in [0.15, 0.2) is 0 Å². The van der Waals surface area contributed by atoms with Crippen molar-refractivity contribution < 1.29 is 9.59 Å². The van der Waals surface area contributed by atoms with Crippen LogP contribution in [0.5, 0.6) is 0 Å². The molecular weight excluding hydrogens is 230 g/mol. The van der Waals surface area contributed by atoms with Crippen LogP contribution in [-0.2, 0) is 4.79 Å². The maximum atomic E-state index is 12.1. The Balaban J connectivity index is 2.44. The van der Waals surface area contributed by atoms with Crippen LogP contribution in [0.1, 0.15) is 20.3 Å². The summed E-state index contributed by atoms with van der Waals surface area (Å²) in [5.74, 6) is -0.0743. The van der Waals surface area contributed by atoms with Gasteiger partial charge in [-0.15, -0.1) is 0 Å². The fourth-order valence-electron chi connectivity index (χ4n) is 2.20.